The lowest BCUT2D eigenvalue weighted by Crippen LogP contribution is -2.13. The monoisotopic (exact) mass is 302 g/mol. The summed E-state index contributed by atoms with van der Waals surface area (Å²) in [6.45, 7) is -0.420. The highest BCUT2D eigenvalue weighted by Crippen LogP contribution is 2.48. The molecule has 0 aliphatic heterocycles. The lowest BCUT2D eigenvalue weighted by atomic mass is 10.1. The van der Waals surface area contributed by atoms with Crippen molar-refractivity contribution in [2.75, 3.05) is 6.61 Å². The highest BCUT2D eigenvalue weighted by Gasteiger charge is 2.36. The van der Waals surface area contributed by atoms with Crippen molar-refractivity contribution in [3.05, 3.63) is 35.4 Å². The molecular weight excluding hydrogens is 284 g/mol. The Labute approximate surface area is 128 Å². The molecule has 0 spiro atoms. The Morgan fingerprint density at radius 2 is 1.77 bits per heavy atom. The van der Waals surface area contributed by atoms with Crippen molar-refractivity contribution < 1.29 is 24.5 Å². The Morgan fingerprint density at radius 1 is 1.14 bits per heavy atom. The fraction of sp³-hybridized carbons (Fsp3) is 0.412. The fourth-order valence-corrected chi connectivity index (χ4v) is 2.55. The zero-order chi connectivity index (χ0) is 15.7. The quantitative estimate of drug-likeness (QED) is 0.479. The Bertz CT molecular complexity index is 624. The number of allylic oxidation sites excluding steroid dienone is 1. The van der Waals surface area contributed by atoms with Crippen molar-refractivity contribution >= 4 is 11.8 Å². The van der Waals surface area contributed by atoms with E-state index in [1.54, 1.807) is 6.08 Å². The Balaban J connectivity index is 1.58. The first-order valence-corrected chi connectivity index (χ1v) is 7.48. The van der Waals surface area contributed by atoms with Gasteiger partial charge in [-0.2, -0.15) is 0 Å². The van der Waals surface area contributed by atoms with E-state index in [1.165, 1.54) is 17.7 Å². The molecule has 5 heteroatoms. The number of benzene rings is 1. The van der Waals surface area contributed by atoms with Crippen LogP contribution in [0.25, 0.3) is 0 Å². The van der Waals surface area contributed by atoms with Gasteiger partial charge in [0.2, 0.25) is 5.78 Å². The normalized spacial score (nSPS) is 16.9. The molecule has 0 saturated heterocycles. The van der Waals surface area contributed by atoms with Crippen LogP contribution in [-0.4, -0.2) is 28.6 Å². The maximum Gasteiger partial charge on any atom is 0.331 e. The van der Waals surface area contributed by atoms with Crippen LogP contribution in [0.1, 0.15) is 36.0 Å². The van der Waals surface area contributed by atoms with E-state index in [-0.39, 0.29) is 17.1 Å². The van der Waals surface area contributed by atoms with Gasteiger partial charge in [0.15, 0.2) is 6.61 Å². The van der Waals surface area contributed by atoms with Gasteiger partial charge in [-0.1, -0.05) is 5.57 Å². The molecule has 0 unspecified atom stereocenters. The van der Waals surface area contributed by atoms with Crippen molar-refractivity contribution in [2.24, 2.45) is 11.8 Å². The molecule has 0 amide bonds. The van der Waals surface area contributed by atoms with Gasteiger partial charge >= 0.3 is 5.97 Å². The maximum absolute atomic E-state index is 11.9. The molecule has 2 aliphatic carbocycles. The molecule has 1 aromatic carbocycles. The predicted octanol–water partition coefficient (Wildman–Crippen LogP) is 2.57. The molecule has 0 heterocycles. The van der Waals surface area contributed by atoms with Gasteiger partial charge in [-0.3, -0.25) is 4.79 Å². The third-order valence-corrected chi connectivity index (χ3v) is 4.01. The molecular formula is C17H18O5. The zero-order valence-electron chi connectivity index (χ0n) is 12.1. The van der Waals surface area contributed by atoms with Crippen LogP contribution < -0.4 is 0 Å². The van der Waals surface area contributed by atoms with Crippen molar-refractivity contribution in [1.29, 1.82) is 0 Å². The number of carbonyl (C=O) groups is 2. The molecule has 116 valence electrons. The summed E-state index contributed by atoms with van der Waals surface area (Å²) >= 11 is 0. The van der Waals surface area contributed by atoms with Gasteiger partial charge in [-0.15, -0.1) is 0 Å². The highest BCUT2D eigenvalue weighted by atomic mass is 16.5. The third kappa shape index (κ3) is 3.47. The average Bonchev–Trinajstić information content (AvgIpc) is 3.36. The summed E-state index contributed by atoms with van der Waals surface area (Å²) in [5.41, 5.74) is 1.20. The van der Waals surface area contributed by atoms with Gasteiger partial charge in [0.1, 0.15) is 11.5 Å². The van der Waals surface area contributed by atoms with Crippen LogP contribution in [0.3, 0.4) is 0 Å². The van der Waals surface area contributed by atoms with Gasteiger partial charge in [0.25, 0.3) is 0 Å². The van der Waals surface area contributed by atoms with Crippen molar-refractivity contribution in [3.8, 4) is 11.5 Å². The lowest BCUT2D eigenvalue weighted by molar-refractivity contribution is -0.136. The molecule has 0 bridgehead atoms. The SMILES string of the molecule is O=C(C=C(C1CC1)C1CC1)OCC(=O)c1ccc(O)cc1O. The van der Waals surface area contributed by atoms with Gasteiger partial charge in [0.05, 0.1) is 5.56 Å². The van der Waals surface area contributed by atoms with E-state index in [0.29, 0.717) is 11.8 Å². The molecule has 2 aliphatic rings. The third-order valence-electron chi connectivity index (χ3n) is 4.01. The second-order valence-corrected chi connectivity index (χ2v) is 5.93. The molecule has 22 heavy (non-hydrogen) atoms. The van der Waals surface area contributed by atoms with E-state index in [4.69, 9.17) is 4.74 Å². The minimum absolute atomic E-state index is 0.0270. The van der Waals surface area contributed by atoms with Gasteiger partial charge in [0, 0.05) is 12.1 Å². The Hall–Kier alpha value is -2.30. The summed E-state index contributed by atoms with van der Waals surface area (Å²) in [5.74, 6) is -0.409. The van der Waals surface area contributed by atoms with Gasteiger partial charge in [-0.05, 0) is 49.7 Å². The predicted molar refractivity (Wildman–Crippen MR) is 78.6 cm³/mol. The molecule has 2 saturated carbocycles. The number of ether oxygens (including phenoxy) is 1. The minimum atomic E-state index is -0.501. The van der Waals surface area contributed by atoms with E-state index in [9.17, 15) is 19.8 Å². The van der Waals surface area contributed by atoms with Gasteiger partial charge in [-0.25, -0.2) is 4.79 Å². The smallest absolute Gasteiger partial charge is 0.331 e. The molecule has 0 aromatic heterocycles. The van der Waals surface area contributed by atoms with Crippen molar-refractivity contribution in [3.63, 3.8) is 0 Å². The van der Waals surface area contributed by atoms with Crippen LogP contribution in [0.4, 0.5) is 0 Å². The Kier molecular flexibility index (Phi) is 3.88. The average molecular weight is 302 g/mol. The topological polar surface area (TPSA) is 83.8 Å². The van der Waals surface area contributed by atoms with E-state index in [2.05, 4.69) is 0 Å². The molecule has 2 N–H and O–H groups in total. The summed E-state index contributed by atoms with van der Waals surface area (Å²) in [6.07, 6.45) is 6.08. The number of aromatic hydroxyl groups is 2. The van der Waals surface area contributed by atoms with Crippen molar-refractivity contribution in [2.45, 2.75) is 25.7 Å². The first kappa shape index (κ1) is 14.6. The number of Topliss-reactive ketones (excluding diaryl/α,β-unsaturated/α-hetero) is 1. The standard InChI is InChI=1S/C17H18O5/c18-12-5-6-13(15(19)7-12)16(20)9-22-17(21)8-14(10-1-2-10)11-3-4-11/h5-8,10-11,18-19H,1-4,9H2. The van der Waals surface area contributed by atoms with Crippen LogP contribution in [0.2, 0.25) is 0 Å². The fourth-order valence-electron chi connectivity index (χ4n) is 2.55. The lowest BCUT2D eigenvalue weighted by Gasteiger charge is -2.06. The second kappa shape index (κ2) is 5.83. The summed E-state index contributed by atoms with van der Waals surface area (Å²) in [4.78, 5) is 23.8. The molecule has 0 radical (unpaired) electrons. The van der Waals surface area contributed by atoms with Crippen LogP contribution in [0.15, 0.2) is 29.8 Å². The Morgan fingerprint density at radius 3 is 2.32 bits per heavy atom. The van der Waals surface area contributed by atoms with Crippen LogP contribution >= 0.6 is 0 Å². The summed E-state index contributed by atoms with van der Waals surface area (Å²) in [6, 6.07) is 3.68. The largest absolute Gasteiger partial charge is 0.508 e. The molecule has 5 nitrogen and oxygen atoms in total. The van der Waals surface area contributed by atoms with Crippen molar-refractivity contribution in [1.82, 2.24) is 0 Å². The van der Waals surface area contributed by atoms with Crippen LogP contribution in [0.5, 0.6) is 11.5 Å². The summed E-state index contributed by atoms with van der Waals surface area (Å²) < 4.78 is 4.99. The minimum Gasteiger partial charge on any atom is -0.508 e. The number of phenolic OH excluding ortho intramolecular Hbond substituents is 2. The molecule has 0 atom stereocenters. The van der Waals surface area contributed by atoms with E-state index in [1.807, 2.05) is 0 Å². The molecule has 1 aromatic rings. The van der Waals surface area contributed by atoms with E-state index in [0.717, 1.165) is 31.7 Å². The number of hydrogen-bond donors (Lipinski definition) is 2. The first-order valence-electron chi connectivity index (χ1n) is 7.48. The van der Waals surface area contributed by atoms with E-state index >= 15 is 0 Å². The highest BCUT2D eigenvalue weighted by molar-refractivity contribution is 6.00. The summed E-state index contributed by atoms with van der Waals surface area (Å²) in [7, 11) is 0. The number of phenols is 2. The molecule has 3 rings (SSSR count). The van der Waals surface area contributed by atoms with E-state index < -0.39 is 18.4 Å². The number of carbonyl (C=O) groups excluding carboxylic acids is 2. The first-order chi connectivity index (χ1) is 10.5. The second-order valence-electron chi connectivity index (χ2n) is 5.93. The summed E-state index contributed by atoms with van der Waals surface area (Å²) in [5, 5.41) is 18.8. The maximum atomic E-state index is 11.9. The number of rotatable bonds is 6. The number of esters is 1. The van der Waals surface area contributed by atoms with Crippen LogP contribution in [-0.2, 0) is 9.53 Å². The number of hydrogen-bond acceptors (Lipinski definition) is 5. The molecule has 2 fully saturated rings. The zero-order valence-corrected chi connectivity index (χ0v) is 12.1. The van der Waals surface area contributed by atoms with Crippen LogP contribution in [0, 0.1) is 11.8 Å². The van der Waals surface area contributed by atoms with Gasteiger partial charge < -0.3 is 14.9 Å². The number of ketones is 1.